The van der Waals surface area contributed by atoms with Gasteiger partial charge in [0.25, 0.3) is 0 Å². The van der Waals surface area contributed by atoms with Crippen molar-refractivity contribution >= 4 is 0 Å². The summed E-state index contributed by atoms with van der Waals surface area (Å²) < 4.78 is 0. The Balaban J connectivity index is 3.17. The van der Waals surface area contributed by atoms with Gasteiger partial charge in [-0.05, 0) is 11.8 Å². The lowest BCUT2D eigenvalue weighted by Crippen LogP contribution is -2.04. The van der Waals surface area contributed by atoms with Crippen molar-refractivity contribution in [1.82, 2.24) is 0 Å². The Morgan fingerprint density at radius 1 is 0.875 bits per heavy atom. The van der Waals surface area contributed by atoms with Crippen LogP contribution in [0.1, 0.15) is 78.6 Å². The molecule has 0 aliphatic carbocycles. The molecule has 0 amide bonds. The minimum Gasteiger partial charge on any atom is -0.103 e. The van der Waals surface area contributed by atoms with E-state index in [1.165, 1.54) is 57.8 Å². The third-order valence-electron chi connectivity index (χ3n) is 3.78. The number of hydrogen-bond donors (Lipinski definition) is 0. The molecule has 0 aliphatic rings. The number of unbranched alkanes of at least 4 members (excludes halogenated alkanes) is 7. The molecule has 0 heteroatoms. The van der Waals surface area contributed by atoms with Crippen LogP contribution >= 0.6 is 0 Å². The van der Waals surface area contributed by atoms with Crippen LogP contribution in [0.4, 0.5) is 0 Å². The van der Waals surface area contributed by atoms with Crippen molar-refractivity contribution in [2.45, 2.75) is 78.6 Å². The fraction of sp³-hybridized carbons (Fsp3) is 0.875. The molecule has 96 valence electrons. The Kier molecular flexibility index (Phi) is 11.0. The summed E-state index contributed by atoms with van der Waals surface area (Å²) in [7, 11) is 0. The van der Waals surface area contributed by atoms with Crippen LogP contribution in [0, 0.1) is 11.8 Å². The Morgan fingerprint density at radius 2 is 1.38 bits per heavy atom. The lowest BCUT2D eigenvalue weighted by Gasteiger charge is -2.15. The second-order valence-corrected chi connectivity index (χ2v) is 5.34. The maximum atomic E-state index is 3.87. The van der Waals surface area contributed by atoms with Crippen LogP contribution in [0.15, 0.2) is 12.7 Å². The first-order chi connectivity index (χ1) is 7.72. The number of hydrogen-bond acceptors (Lipinski definition) is 0. The van der Waals surface area contributed by atoms with Crippen molar-refractivity contribution in [3.63, 3.8) is 0 Å². The molecule has 0 fully saturated rings. The van der Waals surface area contributed by atoms with Gasteiger partial charge in [-0.15, -0.1) is 6.58 Å². The van der Waals surface area contributed by atoms with Crippen molar-refractivity contribution in [2.75, 3.05) is 0 Å². The van der Waals surface area contributed by atoms with Gasteiger partial charge in [-0.2, -0.15) is 0 Å². The molecule has 0 N–H and O–H groups in total. The molecule has 2 atom stereocenters. The quantitative estimate of drug-likeness (QED) is 0.299. The van der Waals surface area contributed by atoms with Crippen LogP contribution in [0.5, 0.6) is 0 Å². The normalized spacial score (nSPS) is 14.7. The summed E-state index contributed by atoms with van der Waals surface area (Å²) in [4.78, 5) is 0. The summed E-state index contributed by atoms with van der Waals surface area (Å²) in [5.74, 6) is 1.50. The van der Waals surface area contributed by atoms with Gasteiger partial charge < -0.3 is 0 Å². The molecule has 16 heavy (non-hydrogen) atoms. The second kappa shape index (κ2) is 11.2. The first-order valence-corrected chi connectivity index (χ1v) is 7.34. The molecule has 0 heterocycles. The molecule has 0 saturated heterocycles. The van der Waals surface area contributed by atoms with E-state index in [2.05, 4.69) is 33.4 Å². The third kappa shape index (κ3) is 9.00. The maximum absolute atomic E-state index is 3.87. The molecule has 0 bridgehead atoms. The molecular weight excluding hydrogens is 192 g/mol. The number of rotatable bonds is 11. The van der Waals surface area contributed by atoms with E-state index in [0.29, 0.717) is 5.92 Å². The van der Waals surface area contributed by atoms with E-state index in [9.17, 15) is 0 Å². The topological polar surface area (TPSA) is 0 Å². The fourth-order valence-corrected chi connectivity index (χ4v) is 2.10. The summed E-state index contributed by atoms with van der Waals surface area (Å²) in [6, 6.07) is 0. The highest BCUT2D eigenvalue weighted by Crippen LogP contribution is 2.19. The van der Waals surface area contributed by atoms with E-state index < -0.39 is 0 Å². The van der Waals surface area contributed by atoms with Gasteiger partial charge in [0.15, 0.2) is 0 Å². The lowest BCUT2D eigenvalue weighted by atomic mass is 9.91. The Bertz CT molecular complexity index is 148. The van der Waals surface area contributed by atoms with Crippen molar-refractivity contribution in [3.05, 3.63) is 12.7 Å². The third-order valence-corrected chi connectivity index (χ3v) is 3.78. The minimum absolute atomic E-state index is 0.685. The first-order valence-electron chi connectivity index (χ1n) is 7.34. The highest BCUT2D eigenvalue weighted by molar-refractivity contribution is 4.78. The molecule has 0 radical (unpaired) electrons. The molecule has 0 saturated carbocycles. The predicted octanol–water partition coefficient (Wildman–Crippen LogP) is 5.98. The Hall–Kier alpha value is -0.260. The minimum atomic E-state index is 0.685. The Morgan fingerprint density at radius 3 is 1.88 bits per heavy atom. The fourth-order valence-electron chi connectivity index (χ4n) is 2.10. The zero-order valence-corrected chi connectivity index (χ0v) is 11.8. The highest BCUT2D eigenvalue weighted by atomic mass is 14.1. The summed E-state index contributed by atoms with van der Waals surface area (Å²) in [5, 5.41) is 0. The SMILES string of the molecule is C=CC(C)C(C)CCCCCCCCCC. The van der Waals surface area contributed by atoms with Gasteiger partial charge >= 0.3 is 0 Å². The molecule has 0 rings (SSSR count). The monoisotopic (exact) mass is 224 g/mol. The van der Waals surface area contributed by atoms with Gasteiger partial charge in [0.1, 0.15) is 0 Å². The lowest BCUT2D eigenvalue weighted by molar-refractivity contribution is 0.405. The van der Waals surface area contributed by atoms with Crippen LogP contribution < -0.4 is 0 Å². The molecule has 0 spiro atoms. The summed E-state index contributed by atoms with van der Waals surface area (Å²) in [6.45, 7) is 10.8. The molecule has 0 aromatic heterocycles. The van der Waals surface area contributed by atoms with Crippen molar-refractivity contribution < 1.29 is 0 Å². The van der Waals surface area contributed by atoms with Gasteiger partial charge in [0, 0.05) is 0 Å². The molecule has 2 unspecified atom stereocenters. The molecule has 0 aliphatic heterocycles. The summed E-state index contributed by atoms with van der Waals surface area (Å²) in [5.41, 5.74) is 0. The summed E-state index contributed by atoms with van der Waals surface area (Å²) >= 11 is 0. The van der Waals surface area contributed by atoms with Crippen LogP contribution in [-0.4, -0.2) is 0 Å². The molecule has 0 aromatic carbocycles. The largest absolute Gasteiger partial charge is 0.103 e. The van der Waals surface area contributed by atoms with Crippen molar-refractivity contribution in [1.29, 1.82) is 0 Å². The highest BCUT2D eigenvalue weighted by Gasteiger charge is 2.07. The maximum Gasteiger partial charge on any atom is -0.0239 e. The molecular formula is C16H32. The van der Waals surface area contributed by atoms with E-state index in [1.54, 1.807) is 0 Å². The van der Waals surface area contributed by atoms with E-state index in [1.807, 2.05) is 0 Å². The van der Waals surface area contributed by atoms with Gasteiger partial charge in [-0.25, -0.2) is 0 Å². The summed E-state index contributed by atoms with van der Waals surface area (Å²) in [6.07, 6.45) is 14.9. The van der Waals surface area contributed by atoms with Crippen LogP contribution in [0.2, 0.25) is 0 Å². The van der Waals surface area contributed by atoms with Crippen molar-refractivity contribution in [2.24, 2.45) is 11.8 Å². The zero-order valence-electron chi connectivity index (χ0n) is 11.8. The van der Waals surface area contributed by atoms with Crippen LogP contribution in [0.25, 0.3) is 0 Å². The van der Waals surface area contributed by atoms with E-state index >= 15 is 0 Å². The van der Waals surface area contributed by atoms with E-state index in [4.69, 9.17) is 0 Å². The standard InChI is InChI=1S/C16H32/c1-5-7-8-9-10-11-12-13-14-16(4)15(3)6-2/h6,15-16H,2,5,7-14H2,1,3-4H3. The molecule has 0 nitrogen and oxygen atoms in total. The van der Waals surface area contributed by atoms with Gasteiger partial charge in [-0.3, -0.25) is 0 Å². The second-order valence-electron chi connectivity index (χ2n) is 5.34. The average Bonchev–Trinajstić information content (AvgIpc) is 2.31. The zero-order chi connectivity index (χ0) is 12.2. The van der Waals surface area contributed by atoms with E-state index in [0.717, 1.165) is 5.92 Å². The average molecular weight is 224 g/mol. The number of allylic oxidation sites excluding steroid dienone is 1. The van der Waals surface area contributed by atoms with Gasteiger partial charge in [0.2, 0.25) is 0 Å². The van der Waals surface area contributed by atoms with Crippen LogP contribution in [-0.2, 0) is 0 Å². The smallest absolute Gasteiger partial charge is 0.0239 e. The van der Waals surface area contributed by atoms with Crippen molar-refractivity contribution in [3.8, 4) is 0 Å². The Labute approximate surface area is 104 Å². The van der Waals surface area contributed by atoms with Gasteiger partial charge in [0.05, 0.1) is 0 Å². The molecule has 0 aromatic rings. The first kappa shape index (κ1) is 15.7. The predicted molar refractivity (Wildman–Crippen MR) is 75.8 cm³/mol. The van der Waals surface area contributed by atoms with E-state index in [-0.39, 0.29) is 0 Å². The van der Waals surface area contributed by atoms with Crippen LogP contribution in [0.3, 0.4) is 0 Å². The van der Waals surface area contributed by atoms with Gasteiger partial charge in [-0.1, -0.05) is 84.6 Å².